The van der Waals surface area contributed by atoms with Crippen molar-refractivity contribution in [3.8, 4) is 0 Å². The van der Waals surface area contributed by atoms with Crippen molar-refractivity contribution in [1.82, 2.24) is 19.8 Å². The summed E-state index contributed by atoms with van der Waals surface area (Å²) in [5, 5.41) is 5.92. The summed E-state index contributed by atoms with van der Waals surface area (Å²) in [7, 11) is 3.82. The molecule has 214 valence electrons. The quantitative estimate of drug-likeness (QED) is 0.433. The number of halogens is 3. The number of likely N-dealkylation sites (N-methyl/N-ethyl adjacent to an activating group) is 1. The van der Waals surface area contributed by atoms with Gasteiger partial charge >= 0.3 is 6.18 Å². The number of piperazine rings is 1. The Bertz CT molecular complexity index is 1120. The van der Waals surface area contributed by atoms with E-state index in [0.29, 0.717) is 32.6 Å². The molecular weight excluding hydrogens is 511 g/mol. The molecule has 39 heavy (non-hydrogen) atoms. The predicted molar refractivity (Wildman–Crippen MR) is 146 cm³/mol. The minimum Gasteiger partial charge on any atom is -0.381 e. The van der Waals surface area contributed by atoms with Gasteiger partial charge in [-0.1, -0.05) is 6.92 Å². The molecule has 2 fully saturated rings. The van der Waals surface area contributed by atoms with Crippen molar-refractivity contribution >= 4 is 29.0 Å². The fourth-order valence-electron chi connectivity index (χ4n) is 4.83. The van der Waals surface area contributed by atoms with Crippen LogP contribution in [0.1, 0.15) is 30.9 Å². The summed E-state index contributed by atoms with van der Waals surface area (Å²) >= 11 is 0. The van der Waals surface area contributed by atoms with Gasteiger partial charge in [0.1, 0.15) is 11.4 Å². The summed E-state index contributed by atoms with van der Waals surface area (Å²) in [5.41, 5.74) is 1.99. The molecule has 0 spiro atoms. The average Bonchev–Trinajstić information content (AvgIpc) is 3.46. The summed E-state index contributed by atoms with van der Waals surface area (Å²) in [6.45, 7) is 7.57. The fourth-order valence-corrected chi connectivity index (χ4v) is 4.83. The molecule has 1 unspecified atom stereocenters. The van der Waals surface area contributed by atoms with Crippen molar-refractivity contribution in [3.63, 3.8) is 0 Å². The Labute approximate surface area is 227 Å². The first-order chi connectivity index (χ1) is 18.7. The van der Waals surface area contributed by atoms with Gasteiger partial charge in [0.15, 0.2) is 0 Å². The molecule has 1 atom stereocenters. The van der Waals surface area contributed by atoms with E-state index in [1.54, 1.807) is 11.9 Å². The predicted octanol–water partition coefficient (Wildman–Crippen LogP) is 3.85. The Morgan fingerprint density at radius 3 is 2.67 bits per heavy atom. The summed E-state index contributed by atoms with van der Waals surface area (Å²) < 4.78 is 46.3. The van der Waals surface area contributed by atoms with Crippen LogP contribution in [0.4, 0.5) is 36.3 Å². The number of aromatic nitrogens is 2. The molecule has 0 aliphatic carbocycles. The molecule has 9 nitrogen and oxygen atoms in total. The number of ether oxygens (including phenoxy) is 1. The van der Waals surface area contributed by atoms with E-state index >= 15 is 0 Å². The van der Waals surface area contributed by atoms with Crippen LogP contribution in [-0.4, -0.2) is 92.3 Å². The van der Waals surface area contributed by atoms with E-state index in [2.05, 4.69) is 43.5 Å². The third-order valence-corrected chi connectivity index (χ3v) is 7.30. The molecule has 2 aliphatic rings. The number of carbonyl (C=O) groups is 1. The van der Waals surface area contributed by atoms with Gasteiger partial charge in [0.2, 0.25) is 11.9 Å². The molecule has 4 rings (SSSR count). The first-order valence-corrected chi connectivity index (χ1v) is 13.5. The van der Waals surface area contributed by atoms with Crippen molar-refractivity contribution in [2.24, 2.45) is 5.92 Å². The Hall–Kier alpha value is -3.12. The highest BCUT2D eigenvalue weighted by Gasteiger charge is 2.35. The van der Waals surface area contributed by atoms with Crippen LogP contribution in [0.2, 0.25) is 0 Å². The molecule has 0 radical (unpaired) electrons. The monoisotopic (exact) mass is 549 g/mol. The minimum atomic E-state index is -4.60. The lowest BCUT2D eigenvalue weighted by Gasteiger charge is -2.34. The Balaban J connectivity index is 1.41. The summed E-state index contributed by atoms with van der Waals surface area (Å²) in [5.74, 6) is -0.340. The van der Waals surface area contributed by atoms with Gasteiger partial charge in [-0.2, -0.15) is 18.2 Å². The van der Waals surface area contributed by atoms with Gasteiger partial charge in [-0.05, 0) is 50.1 Å². The van der Waals surface area contributed by atoms with Crippen molar-refractivity contribution in [3.05, 3.63) is 35.5 Å². The number of hydrogen-bond acceptors (Lipinski definition) is 8. The van der Waals surface area contributed by atoms with E-state index in [-0.39, 0.29) is 30.1 Å². The number of rotatable bonds is 10. The van der Waals surface area contributed by atoms with Crippen molar-refractivity contribution in [2.75, 3.05) is 82.1 Å². The molecule has 3 heterocycles. The second-order valence-corrected chi connectivity index (χ2v) is 10.2. The summed E-state index contributed by atoms with van der Waals surface area (Å²) in [6, 6.07) is 6.07. The van der Waals surface area contributed by atoms with E-state index < -0.39 is 11.7 Å². The number of nitrogens with zero attached hydrogens (tertiary/aromatic N) is 5. The molecule has 1 aromatic carbocycles. The van der Waals surface area contributed by atoms with Gasteiger partial charge in [0.05, 0.1) is 12.5 Å². The Kier molecular flexibility index (Phi) is 9.49. The highest BCUT2D eigenvalue weighted by molar-refractivity contribution is 5.78. The van der Waals surface area contributed by atoms with Gasteiger partial charge in [-0.15, -0.1) is 0 Å². The van der Waals surface area contributed by atoms with Crippen molar-refractivity contribution in [1.29, 1.82) is 0 Å². The number of benzene rings is 1. The lowest BCUT2D eigenvalue weighted by molar-refractivity contribution is -0.137. The number of aryl methyl sites for hydroxylation is 1. The summed E-state index contributed by atoms with van der Waals surface area (Å²) in [4.78, 5) is 26.8. The van der Waals surface area contributed by atoms with E-state index in [1.807, 2.05) is 19.1 Å². The van der Waals surface area contributed by atoms with Crippen LogP contribution in [0, 0.1) is 5.92 Å². The maximum absolute atomic E-state index is 13.7. The number of alkyl halides is 3. The zero-order chi connectivity index (χ0) is 28.0. The van der Waals surface area contributed by atoms with Gasteiger partial charge in [0, 0.05) is 70.5 Å². The minimum absolute atomic E-state index is 0.00220. The van der Waals surface area contributed by atoms with Crippen molar-refractivity contribution in [2.45, 2.75) is 32.4 Å². The molecule has 2 aliphatic heterocycles. The number of anilines is 4. The van der Waals surface area contributed by atoms with Crippen LogP contribution < -0.4 is 15.5 Å². The van der Waals surface area contributed by atoms with Crippen LogP contribution >= 0.6 is 0 Å². The molecule has 12 heteroatoms. The standard InChI is InChI=1S/C27H38F3N7O2/c1-4-19-16-21(37-13-11-35(2)12-14-37)6-7-23(19)33-26-32-17-22(27(28,29)30)24(34-26)31-9-5-10-36(3)25(38)20-8-15-39-18-20/h6-7,16-17,20H,4-5,8-15,18H2,1-3H3,(H2,31,32,33,34). The van der Waals surface area contributed by atoms with Gasteiger partial charge in [-0.25, -0.2) is 4.98 Å². The Morgan fingerprint density at radius 1 is 1.23 bits per heavy atom. The number of nitrogens with one attached hydrogen (secondary N) is 2. The van der Waals surface area contributed by atoms with Gasteiger partial charge in [-0.3, -0.25) is 4.79 Å². The SMILES string of the molecule is CCc1cc(N2CCN(C)CC2)ccc1Nc1ncc(C(F)(F)F)c(NCCCN(C)C(=O)C2CCOC2)n1. The lowest BCUT2D eigenvalue weighted by atomic mass is 10.1. The molecule has 1 amide bonds. The molecule has 0 bridgehead atoms. The van der Waals surface area contributed by atoms with Crippen LogP contribution in [0.15, 0.2) is 24.4 Å². The van der Waals surface area contributed by atoms with Crippen LogP contribution in [0.3, 0.4) is 0 Å². The number of carbonyl (C=O) groups excluding carboxylic acids is 1. The number of hydrogen-bond donors (Lipinski definition) is 2. The van der Waals surface area contributed by atoms with E-state index in [0.717, 1.165) is 55.7 Å². The van der Waals surface area contributed by atoms with Gasteiger partial charge < -0.3 is 30.1 Å². The normalized spacial score (nSPS) is 18.3. The summed E-state index contributed by atoms with van der Waals surface area (Å²) in [6.07, 6.45) is -1.89. The van der Waals surface area contributed by atoms with Crippen LogP contribution in [0.5, 0.6) is 0 Å². The highest BCUT2D eigenvalue weighted by Crippen LogP contribution is 2.34. The first-order valence-electron chi connectivity index (χ1n) is 13.5. The largest absolute Gasteiger partial charge is 0.421 e. The molecular formula is C27H38F3N7O2. The van der Waals surface area contributed by atoms with Gasteiger partial charge in [0.25, 0.3) is 0 Å². The molecule has 2 aromatic rings. The topological polar surface area (TPSA) is 85.9 Å². The van der Waals surface area contributed by atoms with E-state index in [1.165, 1.54) is 0 Å². The maximum atomic E-state index is 13.7. The maximum Gasteiger partial charge on any atom is 0.421 e. The van der Waals surface area contributed by atoms with E-state index in [9.17, 15) is 18.0 Å². The second kappa shape index (κ2) is 12.8. The highest BCUT2D eigenvalue weighted by atomic mass is 19.4. The molecule has 2 N–H and O–H groups in total. The molecule has 1 aromatic heterocycles. The molecule has 2 saturated heterocycles. The van der Waals surface area contributed by atoms with Crippen LogP contribution in [0.25, 0.3) is 0 Å². The zero-order valence-corrected chi connectivity index (χ0v) is 22.9. The van der Waals surface area contributed by atoms with Crippen LogP contribution in [-0.2, 0) is 22.1 Å². The lowest BCUT2D eigenvalue weighted by Crippen LogP contribution is -2.44. The fraction of sp³-hybridized carbons (Fsp3) is 0.593. The van der Waals surface area contributed by atoms with E-state index in [4.69, 9.17) is 4.74 Å². The van der Waals surface area contributed by atoms with Crippen molar-refractivity contribution < 1.29 is 22.7 Å². The Morgan fingerprint density at radius 2 is 2.00 bits per heavy atom. The third kappa shape index (κ3) is 7.51. The molecule has 0 saturated carbocycles. The smallest absolute Gasteiger partial charge is 0.381 e. The number of amides is 1. The zero-order valence-electron chi connectivity index (χ0n) is 22.9. The third-order valence-electron chi connectivity index (χ3n) is 7.30. The second-order valence-electron chi connectivity index (χ2n) is 10.2. The first kappa shape index (κ1) is 28.9. The average molecular weight is 550 g/mol.